The Morgan fingerprint density at radius 1 is 0.509 bits per heavy atom. The standard InChI is InChI=1S/C15H28O10SSi.2C8H16O5Si/c1-12(2)14(16)22-7-5-9-26(18,19)24-11-25-27(20,21)10-6-8-23-15(17)13(3)4;2*1-7(2)8(9)13-5-4-6-14(10,11)12-3/h18-21H,1,3,5-11H2,2,4H3;2*10-11H,1,4-6H2,2-3H3. The summed E-state index contributed by atoms with van der Waals surface area (Å²) in [7, 11) is -12.1. The Morgan fingerprint density at radius 3 is 1.05 bits per heavy atom. The highest BCUT2D eigenvalue weighted by Gasteiger charge is 2.33. The molecule has 20 nitrogen and oxygen atoms in total. The van der Waals surface area contributed by atoms with Crippen LogP contribution in [0.1, 0.15) is 53.4 Å². The van der Waals surface area contributed by atoms with Crippen molar-refractivity contribution < 1.29 is 93.5 Å². The van der Waals surface area contributed by atoms with Gasteiger partial charge in [-0.2, -0.15) is 0 Å². The molecule has 0 aromatic rings. The van der Waals surface area contributed by atoms with Crippen LogP contribution in [0.4, 0.5) is 0 Å². The van der Waals surface area contributed by atoms with Crippen LogP contribution in [0.5, 0.6) is 0 Å². The second kappa shape index (κ2) is 29.6. The van der Waals surface area contributed by atoms with Crippen LogP contribution in [0.3, 0.4) is 0 Å². The van der Waals surface area contributed by atoms with Gasteiger partial charge in [0.25, 0.3) is 0 Å². The van der Waals surface area contributed by atoms with Crippen LogP contribution in [0.15, 0.2) is 48.6 Å². The monoisotopic (exact) mass is 868 g/mol. The molecule has 24 heteroatoms. The molecule has 0 aliphatic rings. The molecule has 55 heavy (non-hydrogen) atoms. The van der Waals surface area contributed by atoms with Gasteiger partial charge in [-0.25, -0.2) is 19.2 Å². The van der Waals surface area contributed by atoms with Crippen molar-refractivity contribution in [2.45, 2.75) is 71.5 Å². The highest BCUT2D eigenvalue weighted by molar-refractivity contribution is 8.20. The lowest BCUT2D eigenvalue weighted by Gasteiger charge is -2.27. The smallest absolute Gasteiger partial charge is 0.462 e. The lowest BCUT2D eigenvalue weighted by atomic mass is 10.4. The number of hydrogen-bond donors (Lipinski definition) is 8. The van der Waals surface area contributed by atoms with E-state index in [0.29, 0.717) is 24.0 Å². The number of carbonyl (C=O) groups excluding carboxylic acids is 4. The van der Waals surface area contributed by atoms with Gasteiger partial charge in [-0.05, 0) is 53.4 Å². The minimum absolute atomic E-state index is 0.0378. The Balaban J connectivity index is -0.000000813. The maximum atomic E-state index is 11.2. The first-order valence-corrected chi connectivity index (χ1v) is 24.1. The molecule has 0 fully saturated rings. The van der Waals surface area contributed by atoms with Crippen molar-refractivity contribution in [3.8, 4) is 0 Å². The van der Waals surface area contributed by atoms with Crippen molar-refractivity contribution in [1.82, 2.24) is 0 Å². The Morgan fingerprint density at radius 2 is 0.782 bits per heavy atom. The number of hydrogen-bond acceptors (Lipinski definition) is 20. The molecule has 0 aromatic heterocycles. The molecule has 0 spiro atoms. The van der Waals surface area contributed by atoms with Crippen molar-refractivity contribution in [2.75, 3.05) is 53.2 Å². The van der Waals surface area contributed by atoms with Gasteiger partial charge >= 0.3 is 50.3 Å². The highest BCUT2D eigenvalue weighted by Crippen LogP contribution is 2.40. The highest BCUT2D eigenvalue weighted by atomic mass is 32.3. The molecule has 0 rings (SSSR count). The second-order valence-electron chi connectivity index (χ2n) is 11.7. The van der Waals surface area contributed by atoms with Crippen molar-refractivity contribution in [3.05, 3.63) is 48.6 Å². The van der Waals surface area contributed by atoms with Crippen LogP contribution in [0.25, 0.3) is 0 Å². The van der Waals surface area contributed by atoms with Gasteiger partial charge in [0.2, 0.25) is 0 Å². The summed E-state index contributed by atoms with van der Waals surface area (Å²) in [6.07, 6.45) is 0.997. The maximum Gasteiger partial charge on any atom is 0.497 e. The molecular formula is C31H60O20SSi3. The van der Waals surface area contributed by atoms with E-state index in [2.05, 4.69) is 35.2 Å². The number of ether oxygens (including phenoxy) is 4. The average molecular weight is 869 g/mol. The van der Waals surface area contributed by atoms with E-state index >= 15 is 0 Å². The molecular weight excluding hydrogens is 809 g/mol. The van der Waals surface area contributed by atoms with E-state index in [0.717, 1.165) is 0 Å². The Labute approximate surface area is 327 Å². The van der Waals surface area contributed by atoms with Crippen LogP contribution in [-0.2, 0) is 55.6 Å². The van der Waals surface area contributed by atoms with E-state index < -0.39 is 68.0 Å². The second-order valence-corrected chi connectivity index (χ2v) is 20.6. The Bertz CT molecular complexity index is 1150. The van der Waals surface area contributed by atoms with Gasteiger partial charge in [-0.3, -0.25) is 4.18 Å². The molecule has 0 aromatic carbocycles. The molecule has 0 atom stereocenters. The SMILES string of the molecule is C=C(C)C(=O)OCCC[Si](O)(O)OC.C=C(C)C(=O)OCCC[Si](O)(O)OC.C=C(C)C(=O)OCCC[Si](O)(O)OCOS(O)(O)CCCOC(=O)C(=C)C. The molecule has 0 heterocycles. The third-order valence-corrected chi connectivity index (χ3v) is 12.2. The normalized spacial score (nSPS) is 11.7. The minimum Gasteiger partial charge on any atom is -0.462 e. The van der Waals surface area contributed by atoms with Gasteiger partial charge < -0.3 is 70.1 Å². The summed E-state index contributed by atoms with van der Waals surface area (Å²) in [6.45, 7) is 19.2. The molecule has 0 radical (unpaired) electrons. The molecule has 0 unspecified atom stereocenters. The van der Waals surface area contributed by atoms with Crippen molar-refractivity contribution in [2.24, 2.45) is 0 Å². The number of esters is 4. The van der Waals surface area contributed by atoms with Gasteiger partial charge in [0.15, 0.2) is 6.79 Å². The third-order valence-electron chi connectivity index (χ3n) is 6.00. The molecule has 0 aliphatic heterocycles. The first kappa shape index (κ1) is 56.7. The van der Waals surface area contributed by atoms with Crippen LogP contribution in [-0.4, -0.2) is 141 Å². The topological polar surface area (TPSA) is 304 Å². The van der Waals surface area contributed by atoms with Crippen LogP contribution in [0.2, 0.25) is 18.1 Å². The quantitative estimate of drug-likeness (QED) is 0.0153. The number of carbonyl (C=O) groups is 4. The predicted octanol–water partition coefficient (Wildman–Crippen LogP) is 1.72. The first-order valence-electron chi connectivity index (χ1n) is 16.4. The minimum atomic E-state index is -4.09. The Kier molecular flexibility index (Phi) is 30.5. The summed E-state index contributed by atoms with van der Waals surface area (Å²) in [5, 5.41) is 0. The van der Waals surface area contributed by atoms with Crippen molar-refractivity contribution in [1.29, 1.82) is 0 Å². The summed E-state index contributed by atoms with van der Waals surface area (Å²) < 4.78 is 56.9. The fourth-order valence-corrected chi connectivity index (χ4v) is 6.35. The third kappa shape index (κ3) is 35.5. The molecule has 8 N–H and O–H groups in total. The van der Waals surface area contributed by atoms with Crippen molar-refractivity contribution in [3.63, 3.8) is 0 Å². The summed E-state index contributed by atoms with van der Waals surface area (Å²) in [5.41, 5.74) is 1.12. The molecule has 0 bridgehead atoms. The van der Waals surface area contributed by atoms with Gasteiger partial charge in [-0.15, -0.1) is 0 Å². The van der Waals surface area contributed by atoms with E-state index in [1.54, 1.807) is 13.8 Å². The van der Waals surface area contributed by atoms with E-state index in [1.165, 1.54) is 28.1 Å². The van der Waals surface area contributed by atoms with E-state index in [4.69, 9.17) is 46.7 Å². The number of rotatable bonds is 26. The molecule has 0 aliphatic carbocycles. The summed E-state index contributed by atoms with van der Waals surface area (Å²) in [5.74, 6) is -2.32. The van der Waals surface area contributed by atoms with Crippen LogP contribution in [0, 0.1) is 0 Å². The van der Waals surface area contributed by atoms with Gasteiger partial charge in [0.05, 0.1) is 37.3 Å². The van der Waals surface area contributed by atoms with Gasteiger partial charge in [0.1, 0.15) is 0 Å². The Hall–Kier alpha value is -2.64. The zero-order chi connectivity index (χ0) is 43.5. The first-order chi connectivity index (χ1) is 25.1. The van der Waals surface area contributed by atoms with Crippen LogP contribution >= 0.6 is 10.9 Å². The fraction of sp³-hybridized carbons (Fsp3) is 0.613. The fourth-order valence-electron chi connectivity index (χ4n) is 2.84. The zero-order valence-electron chi connectivity index (χ0n) is 32.4. The van der Waals surface area contributed by atoms with E-state index in [-0.39, 0.29) is 74.3 Å². The lowest BCUT2D eigenvalue weighted by molar-refractivity contribution is -0.139. The van der Waals surface area contributed by atoms with E-state index in [1.807, 2.05) is 0 Å². The summed E-state index contributed by atoms with van der Waals surface area (Å²) in [4.78, 5) is 100.0. The predicted molar refractivity (Wildman–Crippen MR) is 205 cm³/mol. The largest absolute Gasteiger partial charge is 0.497 e. The molecule has 0 saturated carbocycles. The lowest BCUT2D eigenvalue weighted by Crippen LogP contribution is -2.40. The van der Waals surface area contributed by atoms with Crippen molar-refractivity contribution >= 4 is 61.2 Å². The van der Waals surface area contributed by atoms with E-state index in [9.17, 15) is 37.9 Å². The molecule has 322 valence electrons. The molecule has 0 saturated heterocycles. The summed E-state index contributed by atoms with van der Waals surface area (Å²) >= 11 is 0. The molecule has 0 amide bonds. The van der Waals surface area contributed by atoms with Gasteiger partial charge in [-0.1, -0.05) is 26.3 Å². The zero-order valence-corrected chi connectivity index (χ0v) is 36.2. The van der Waals surface area contributed by atoms with Gasteiger partial charge in [0, 0.05) is 60.4 Å². The van der Waals surface area contributed by atoms with Crippen LogP contribution < -0.4 is 0 Å². The summed E-state index contributed by atoms with van der Waals surface area (Å²) in [6, 6.07) is 0.0653. The average Bonchev–Trinajstić information content (AvgIpc) is 3.08. The maximum absolute atomic E-state index is 11.2.